The van der Waals surface area contributed by atoms with Gasteiger partial charge in [0.05, 0.1) is 11.8 Å². The van der Waals surface area contributed by atoms with E-state index in [4.69, 9.17) is 11.6 Å². The molecule has 1 aromatic heterocycles. The van der Waals surface area contributed by atoms with Gasteiger partial charge in [0, 0.05) is 29.4 Å². The van der Waals surface area contributed by atoms with E-state index in [0.29, 0.717) is 34.5 Å². The number of carbonyl (C=O) groups excluding carboxylic acids is 2. The predicted molar refractivity (Wildman–Crippen MR) is 140 cm³/mol. The summed E-state index contributed by atoms with van der Waals surface area (Å²) in [7, 11) is 0. The monoisotopic (exact) mass is 509 g/mol. The van der Waals surface area contributed by atoms with Crippen LogP contribution in [0.25, 0.3) is 0 Å². The summed E-state index contributed by atoms with van der Waals surface area (Å²) in [6.07, 6.45) is 3.48. The number of benzene rings is 2. The molecule has 182 valence electrons. The van der Waals surface area contributed by atoms with Crippen LogP contribution in [0.15, 0.2) is 60.3 Å². The van der Waals surface area contributed by atoms with Crippen LogP contribution in [0, 0.1) is 13.8 Å². The van der Waals surface area contributed by atoms with Gasteiger partial charge in [0.1, 0.15) is 0 Å². The first kappa shape index (κ1) is 25.0. The maximum atomic E-state index is 13.3. The highest BCUT2D eigenvalue weighted by molar-refractivity contribution is 7.99. The number of halogens is 1. The third-order valence-corrected chi connectivity index (χ3v) is 7.14. The molecular weight excluding hydrogens is 482 g/mol. The third-order valence-electron chi connectivity index (χ3n) is 5.94. The molecule has 1 saturated heterocycles. The molecule has 1 unspecified atom stereocenters. The Balaban J connectivity index is 1.50. The van der Waals surface area contributed by atoms with E-state index in [1.165, 1.54) is 11.8 Å². The number of carbonyl (C=O) groups is 2. The Morgan fingerprint density at radius 2 is 2.06 bits per heavy atom. The fourth-order valence-corrected chi connectivity index (χ4v) is 5.15. The van der Waals surface area contributed by atoms with E-state index < -0.39 is 0 Å². The molecule has 1 atom stereocenters. The molecule has 1 fully saturated rings. The lowest BCUT2D eigenvalue weighted by molar-refractivity contribution is -0.113. The second kappa shape index (κ2) is 11.1. The number of aryl methyl sites for hydroxylation is 2. The van der Waals surface area contributed by atoms with Gasteiger partial charge in [-0.05, 0) is 56.5 Å². The quantitative estimate of drug-likeness (QED) is 0.323. The number of nitrogens with one attached hydrogen (secondary N) is 1. The summed E-state index contributed by atoms with van der Waals surface area (Å²) in [6.45, 7) is 8.92. The summed E-state index contributed by atoms with van der Waals surface area (Å²) < 4.78 is 1.95. The number of allylic oxidation sites excluding steroid dienone is 1. The van der Waals surface area contributed by atoms with Gasteiger partial charge in [0.15, 0.2) is 11.0 Å². The van der Waals surface area contributed by atoms with Crippen molar-refractivity contribution in [3.05, 3.63) is 82.7 Å². The number of hydrogen-bond acceptors (Lipinski definition) is 5. The summed E-state index contributed by atoms with van der Waals surface area (Å²) >= 11 is 7.36. The minimum absolute atomic E-state index is 0.00479. The fourth-order valence-electron chi connectivity index (χ4n) is 4.22. The van der Waals surface area contributed by atoms with Crippen LogP contribution in [0.2, 0.25) is 5.02 Å². The summed E-state index contributed by atoms with van der Waals surface area (Å²) in [5.74, 6) is 0.719. The third kappa shape index (κ3) is 5.77. The van der Waals surface area contributed by atoms with Gasteiger partial charge in [-0.15, -0.1) is 16.8 Å². The van der Waals surface area contributed by atoms with E-state index >= 15 is 0 Å². The molecule has 35 heavy (non-hydrogen) atoms. The van der Waals surface area contributed by atoms with Crippen molar-refractivity contribution in [1.29, 1.82) is 0 Å². The molecule has 0 bridgehead atoms. The van der Waals surface area contributed by atoms with Crippen molar-refractivity contribution in [3.8, 4) is 0 Å². The summed E-state index contributed by atoms with van der Waals surface area (Å²) in [4.78, 5) is 27.8. The summed E-state index contributed by atoms with van der Waals surface area (Å²) in [5.41, 5.74) is 3.35. The number of aromatic nitrogens is 3. The van der Waals surface area contributed by atoms with Crippen molar-refractivity contribution < 1.29 is 9.59 Å². The van der Waals surface area contributed by atoms with Crippen LogP contribution in [-0.4, -0.2) is 43.8 Å². The number of anilines is 1. The van der Waals surface area contributed by atoms with Crippen molar-refractivity contribution in [1.82, 2.24) is 19.7 Å². The Hall–Kier alpha value is -3.10. The van der Waals surface area contributed by atoms with E-state index in [9.17, 15) is 9.59 Å². The van der Waals surface area contributed by atoms with Gasteiger partial charge in [-0.25, -0.2) is 0 Å². The highest BCUT2D eigenvalue weighted by Crippen LogP contribution is 2.34. The van der Waals surface area contributed by atoms with Crippen LogP contribution in [0.4, 0.5) is 5.69 Å². The summed E-state index contributed by atoms with van der Waals surface area (Å²) in [6, 6.07) is 12.9. The van der Waals surface area contributed by atoms with Crippen molar-refractivity contribution in [2.24, 2.45) is 0 Å². The SMILES string of the molecule is C=CCn1c(SCC(=O)Nc2cc(Cl)ccc2C)nnc1C1CCCN1C(=O)c1cccc(C)c1. The lowest BCUT2D eigenvalue weighted by Crippen LogP contribution is -2.32. The average molecular weight is 510 g/mol. The number of likely N-dealkylation sites (tertiary alicyclic amines) is 1. The van der Waals surface area contributed by atoms with E-state index in [1.807, 2.05) is 53.6 Å². The molecule has 2 amide bonds. The molecule has 0 spiro atoms. The molecule has 1 aliphatic heterocycles. The zero-order valence-electron chi connectivity index (χ0n) is 19.8. The van der Waals surface area contributed by atoms with Crippen molar-refractivity contribution in [2.75, 3.05) is 17.6 Å². The van der Waals surface area contributed by atoms with Gasteiger partial charge >= 0.3 is 0 Å². The Bertz CT molecular complexity index is 1260. The normalized spacial score (nSPS) is 15.3. The number of thioether (sulfide) groups is 1. The molecular formula is C26H28ClN5O2S. The number of nitrogens with zero attached hydrogens (tertiary/aromatic N) is 4. The molecule has 2 aromatic carbocycles. The topological polar surface area (TPSA) is 80.1 Å². The molecule has 1 aliphatic rings. The molecule has 9 heteroatoms. The van der Waals surface area contributed by atoms with Crippen LogP contribution in [0.3, 0.4) is 0 Å². The van der Waals surface area contributed by atoms with Crippen LogP contribution in [0.1, 0.15) is 46.2 Å². The van der Waals surface area contributed by atoms with Gasteiger partial charge < -0.3 is 14.8 Å². The standard InChI is InChI=1S/C26H28ClN5O2S/c1-4-12-32-24(22-9-6-13-31(22)25(34)19-8-5-7-17(2)14-19)29-30-26(32)35-16-23(33)28-21-15-20(27)11-10-18(21)3/h4-5,7-8,10-11,14-15,22H,1,6,9,12-13,16H2,2-3H3,(H,28,33). The Morgan fingerprint density at radius 3 is 2.83 bits per heavy atom. The van der Waals surface area contributed by atoms with Gasteiger partial charge in [0.25, 0.3) is 5.91 Å². The molecule has 1 N–H and O–H groups in total. The van der Waals surface area contributed by atoms with Crippen molar-refractivity contribution in [2.45, 2.75) is 44.4 Å². The van der Waals surface area contributed by atoms with E-state index in [1.54, 1.807) is 18.2 Å². The first-order valence-corrected chi connectivity index (χ1v) is 12.8. The lowest BCUT2D eigenvalue weighted by atomic mass is 10.1. The maximum absolute atomic E-state index is 13.3. The van der Waals surface area contributed by atoms with Crippen molar-refractivity contribution >= 4 is 40.9 Å². The van der Waals surface area contributed by atoms with Crippen molar-refractivity contribution in [3.63, 3.8) is 0 Å². The fraction of sp³-hybridized carbons (Fsp3) is 0.308. The Labute approximate surface area is 214 Å². The zero-order chi connectivity index (χ0) is 24.9. The average Bonchev–Trinajstić information content (AvgIpc) is 3.47. The molecule has 0 saturated carbocycles. The highest BCUT2D eigenvalue weighted by atomic mass is 35.5. The maximum Gasteiger partial charge on any atom is 0.254 e. The zero-order valence-corrected chi connectivity index (χ0v) is 21.4. The Morgan fingerprint density at radius 1 is 1.23 bits per heavy atom. The predicted octanol–water partition coefficient (Wildman–Crippen LogP) is 5.44. The minimum atomic E-state index is -0.173. The van der Waals surface area contributed by atoms with Gasteiger partial charge in [-0.3, -0.25) is 9.59 Å². The Kier molecular flexibility index (Phi) is 7.93. The molecule has 3 aromatic rings. The van der Waals surface area contributed by atoms with Crippen LogP contribution in [0.5, 0.6) is 0 Å². The number of hydrogen-bond donors (Lipinski definition) is 1. The van der Waals surface area contributed by atoms with E-state index in [0.717, 1.165) is 29.8 Å². The van der Waals surface area contributed by atoms with Crippen LogP contribution in [-0.2, 0) is 11.3 Å². The molecule has 7 nitrogen and oxygen atoms in total. The summed E-state index contributed by atoms with van der Waals surface area (Å²) in [5, 5.41) is 12.9. The first-order valence-electron chi connectivity index (χ1n) is 11.5. The van der Waals surface area contributed by atoms with Gasteiger partial charge in [-0.1, -0.05) is 53.2 Å². The largest absolute Gasteiger partial charge is 0.328 e. The first-order chi connectivity index (χ1) is 16.9. The molecule has 4 rings (SSSR count). The second-order valence-electron chi connectivity index (χ2n) is 8.56. The van der Waals surface area contributed by atoms with E-state index in [-0.39, 0.29) is 23.6 Å². The van der Waals surface area contributed by atoms with Gasteiger partial charge in [0.2, 0.25) is 5.91 Å². The van der Waals surface area contributed by atoms with E-state index in [2.05, 4.69) is 22.1 Å². The minimum Gasteiger partial charge on any atom is -0.328 e. The number of rotatable bonds is 8. The number of amides is 2. The lowest BCUT2D eigenvalue weighted by Gasteiger charge is -2.25. The van der Waals surface area contributed by atoms with Crippen LogP contribution < -0.4 is 5.32 Å². The molecule has 0 aliphatic carbocycles. The molecule has 2 heterocycles. The molecule has 0 radical (unpaired) electrons. The van der Waals surface area contributed by atoms with Gasteiger partial charge in [-0.2, -0.15) is 0 Å². The smallest absolute Gasteiger partial charge is 0.254 e. The van der Waals surface area contributed by atoms with Crippen LogP contribution >= 0.6 is 23.4 Å². The highest BCUT2D eigenvalue weighted by Gasteiger charge is 2.34. The second-order valence-corrected chi connectivity index (χ2v) is 9.94.